The molecule has 19 heavy (non-hydrogen) atoms. The van der Waals surface area contributed by atoms with E-state index in [1.807, 2.05) is 30.9 Å². The van der Waals surface area contributed by atoms with Gasteiger partial charge in [-0.25, -0.2) is 4.98 Å². The highest BCUT2D eigenvalue weighted by Gasteiger charge is 2.16. The van der Waals surface area contributed by atoms with Crippen LogP contribution in [0.3, 0.4) is 0 Å². The van der Waals surface area contributed by atoms with Gasteiger partial charge in [0.25, 0.3) is 0 Å². The first kappa shape index (κ1) is 11.8. The number of benzene rings is 1. The van der Waals surface area contributed by atoms with Crippen molar-refractivity contribution in [3.63, 3.8) is 0 Å². The molecule has 0 saturated carbocycles. The fourth-order valence-corrected chi connectivity index (χ4v) is 2.26. The van der Waals surface area contributed by atoms with E-state index >= 15 is 0 Å². The number of nitrogens with one attached hydrogen (secondary N) is 1. The Hall–Kier alpha value is -2.27. The van der Waals surface area contributed by atoms with Crippen LogP contribution in [0.25, 0.3) is 11.0 Å². The average molecular weight is 253 g/mol. The summed E-state index contributed by atoms with van der Waals surface area (Å²) in [5, 5.41) is 3.29. The molecule has 0 bridgehead atoms. The summed E-state index contributed by atoms with van der Waals surface area (Å²) in [6, 6.07) is 6.15. The quantitative estimate of drug-likeness (QED) is 0.771. The van der Waals surface area contributed by atoms with Crippen molar-refractivity contribution in [1.82, 2.24) is 24.8 Å². The second kappa shape index (κ2) is 4.78. The summed E-state index contributed by atoms with van der Waals surface area (Å²) in [4.78, 5) is 13.0. The SMILES string of the molecule is CNC(c1ccc2nccnc2c1)c1nccn1C. The van der Waals surface area contributed by atoms with Crippen molar-refractivity contribution in [2.75, 3.05) is 7.05 Å². The Kier molecular flexibility index (Phi) is 2.97. The summed E-state index contributed by atoms with van der Waals surface area (Å²) >= 11 is 0. The van der Waals surface area contributed by atoms with Crippen molar-refractivity contribution in [3.05, 3.63) is 54.4 Å². The molecular weight excluding hydrogens is 238 g/mol. The van der Waals surface area contributed by atoms with Crippen molar-refractivity contribution in [3.8, 4) is 0 Å². The van der Waals surface area contributed by atoms with Crippen LogP contribution in [0.2, 0.25) is 0 Å². The highest BCUT2D eigenvalue weighted by Crippen LogP contribution is 2.22. The largest absolute Gasteiger partial charge is 0.336 e. The van der Waals surface area contributed by atoms with E-state index in [0.29, 0.717) is 0 Å². The Morgan fingerprint density at radius 3 is 2.53 bits per heavy atom. The van der Waals surface area contributed by atoms with Gasteiger partial charge >= 0.3 is 0 Å². The minimum Gasteiger partial charge on any atom is -0.336 e. The number of hydrogen-bond acceptors (Lipinski definition) is 4. The van der Waals surface area contributed by atoms with Crippen LogP contribution in [0, 0.1) is 0 Å². The fourth-order valence-electron chi connectivity index (χ4n) is 2.26. The van der Waals surface area contributed by atoms with E-state index < -0.39 is 0 Å². The van der Waals surface area contributed by atoms with Gasteiger partial charge in [-0.05, 0) is 24.7 Å². The highest BCUT2D eigenvalue weighted by molar-refractivity contribution is 5.74. The molecule has 96 valence electrons. The smallest absolute Gasteiger partial charge is 0.130 e. The van der Waals surface area contributed by atoms with Gasteiger partial charge in [0, 0.05) is 31.8 Å². The van der Waals surface area contributed by atoms with Crippen molar-refractivity contribution in [1.29, 1.82) is 0 Å². The van der Waals surface area contributed by atoms with Gasteiger partial charge in [-0.2, -0.15) is 0 Å². The van der Waals surface area contributed by atoms with E-state index in [2.05, 4.69) is 32.4 Å². The summed E-state index contributed by atoms with van der Waals surface area (Å²) in [6.45, 7) is 0. The van der Waals surface area contributed by atoms with E-state index in [0.717, 1.165) is 22.4 Å². The van der Waals surface area contributed by atoms with Gasteiger partial charge in [-0.1, -0.05) is 6.07 Å². The molecule has 0 saturated heterocycles. The van der Waals surface area contributed by atoms with Crippen LogP contribution in [0.1, 0.15) is 17.4 Å². The predicted octanol–water partition coefficient (Wildman–Crippen LogP) is 1.67. The van der Waals surface area contributed by atoms with Crippen LogP contribution in [0.15, 0.2) is 43.0 Å². The second-order valence-corrected chi connectivity index (χ2v) is 4.42. The summed E-state index contributed by atoms with van der Waals surface area (Å²) in [7, 11) is 3.92. The molecule has 3 rings (SSSR count). The molecule has 1 unspecified atom stereocenters. The van der Waals surface area contributed by atoms with Gasteiger partial charge < -0.3 is 9.88 Å². The minimum atomic E-state index is 0.0476. The third-order valence-electron chi connectivity index (χ3n) is 3.23. The Bertz CT molecular complexity index is 704. The summed E-state index contributed by atoms with van der Waals surface area (Å²) in [5.41, 5.74) is 2.93. The first-order valence-electron chi connectivity index (χ1n) is 6.15. The van der Waals surface area contributed by atoms with Crippen molar-refractivity contribution < 1.29 is 0 Å². The first-order chi connectivity index (χ1) is 9.29. The maximum Gasteiger partial charge on any atom is 0.130 e. The van der Waals surface area contributed by atoms with Gasteiger partial charge in [0.1, 0.15) is 5.82 Å². The monoisotopic (exact) mass is 253 g/mol. The molecule has 1 N–H and O–H groups in total. The predicted molar refractivity (Wildman–Crippen MR) is 73.6 cm³/mol. The van der Waals surface area contributed by atoms with Gasteiger partial charge in [-0.15, -0.1) is 0 Å². The lowest BCUT2D eigenvalue weighted by atomic mass is 10.1. The molecule has 5 nitrogen and oxygen atoms in total. The Labute approximate surface area is 111 Å². The van der Waals surface area contributed by atoms with Crippen LogP contribution in [0.5, 0.6) is 0 Å². The second-order valence-electron chi connectivity index (χ2n) is 4.42. The lowest BCUT2D eigenvalue weighted by molar-refractivity contribution is 0.618. The third-order valence-corrected chi connectivity index (χ3v) is 3.23. The van der Waals surface area contributed by atoms with Crippen molar-refractivity contribution in [2.24, 2.45) is 7.05 Å². The van der Waals surface area contributed by atoms with Crippen LogP contribution >= 0.6 is 0 Å². The number of fused-ring (bicyclic) bond motifs is 1. The number of nitrogens with zero attached hydrogens (tertiary/aromatic N) is 4. The highest BCUT2D eigenvalue weighted by atomic mass is 15.1. The zero-order valence-electron chi connectivity index (χ0n) is 10.9. The van der Waals surface area contributed by atoms with Crippen LogP contribution < -0.4 is 5.32 Å². The van der Waals surface area contributed by atoms with Crippen LogP contribution in [0.4, 0.5) is 0 Å². The number of aromatic nitrogens is 4. The van der Waals surface area contributed by atoms with Crippen molar-refractivity contribution >= 4 is 11.0 Å². The number of aryl methyl sites for hydroxylation is 1. The molecule has 1 aromatic carbocycles. The van der Waals surface area contributed by atoms with Crippen LogP contribution in [-0.2, 0) is 7.05 Å². The Balaban J connectivity index is 2.09. The molecule has 0 fully saturated rings. The molecule has 1 atom stereocenters. The third kappa shape index (κ3) is 2.08. The summed E-state index contributed by atoms with van der Waals surface area (Å²) in [5.74, 6) is 0.978. The summed E-state index contributed by atoms with van der Waals surface area (Å²) < 4.78 is 2.02. The molecule has 2 aromatic heterocycles. The lowest BCUT2D eigenvalue weighted by Gasteiger charge is -2.16. The topological polar surface area (TPSA) is 55.6 Å². The number of hydrogen-bond donors (Lipinski definition) is 1. The molecular formula is C14H15N5. The fraction of sp³-hybridized carbons (Fsp3) is 0.214. The van der Waals surface area contributed by atoms with E-state index in [1.165, 1.54) is 0 Å². The molecule has 0 radical (unpaired) electrons. The average Bonchev–Trinajstić information content (AvgIpc) is 2.86. The zero-order chi connectivity index (χ0) is 13.2. The zero-order valence-corrected chi connectivity index (χ0v) is 10.9. The molecule has 0 spiro atoms. The molecule has 0 aliphatic rings. The maximum absolute atomic E-state index is 4.41. The van der Waals surface area contributed by atoms with E-state index in [4.69, 9.17) is 0 Å². The van der Waals surface area contributed by atoms with Crippen LogP contribution in [-0.4, -0.2) is 26.6 Å². The number of imidazole rings is 1. The normalized spacial score (nSPS) is 12.7. The number of rotatable bonds is 3. The van der Waals surface area contributed by atoms with E-state index in [1.54, 1.807) is 18.6 Å². The molecule has 0 aliphatic carbocycles. The van der Waals surface area contributed by atoms with E-state index in [9.17, 15) is 0 Å². The molecule has 0 aliphatic heterocycles. The van der Waals surface area contributed by atoms with Crippen molar-refractivity contribution in [2.45, 2.75) is 6.04 Å². The van der Waals surface area contributed by atoms with Gasteiger partial charge in [0.2, 0.25) is 0 Å². The molecule has 5 heteroatoms. The molecule has 3 aromatic rings. The molecule has 2 heterocycles. The minimum absolute atomic E-state index is 0.0476. The van der Waals surface area contributed by atoms with Gasteiger partial charge in [0.15, 0.2) is 0 Å². The Morgan fingerprint density at radius 1 is 1.05 bits per heavy atom. The summed E-state index contributed by atoms with van der Waals surface area (Å²) in [6.07, 6.45) is 7.17. The maximum atomic E-state index is 4.41. The molecule has 0 amide bonds. The van der Waals surface area contributed by atoms with Gasteiger partial charge in [0.05, 0.1) is 17.1 Å². The Morgan fingerprint density at radius 2 is 1.84 bits per heavy atom. The van der Waals surface area contributed by atoms with Gasteiger partial charge in [-0.3, -0.25) is 9.97 Å². The standard InChI is InChI=1S/C14H15N5/c1-15-13(14-18-7-8-19(14)2)10-3-4-11-12(9-10)17-6-5-16-11/h3-9,13,15H,1-2H3. The van der Waals surface area contributed by atoms with E-state index in [-0.39, 0.29) is 6.04 Å². The first-order valence-corrected chi connectivity index (χ1v) is 6.15. The lowest BCUT2D eigenvalue weighted by Crippen LogP contribution is -2.21.